The molecule has 2 N–H and O–H groups in total. The third kappa shape index (κ3) is 3.82. The van der Waals surface area contributed by atoms with E-state index in [9.17, 15) is 9.59 Å². The molecule has 24 heavy (non-hydrogen) atoms. The van der Waals surface area contributed by atoms with Crippen molar-refractivity contribution in [2.24, 2.45) is 5.92 Å². The number of aromatic nitrogens is 2. The molecule has 0 spiro atoms. The third-order valence-electron chi connectivity index (χ3n) is 4.09. The predicted octanol–water partition coefficient (Wildman–Crippen LogP) is 2.59. The molecule has 6 nitrogen and oxygen atoms in total. The highest BCUT2D eigenvalue weighted by atomic mass is 16.4. The van der Waals surface area contributed by atoms with Crippen molar-refractivity contribution in [3.63, 3.8) is 0 Å². The number of carboxylic acid groups (broad SMARTS) is 1. The van der Waals surface area contributed by atoms with Gasteiger partial charge in [0.1, 0.15) is 5.69 Å². The lowest BCUT2D eigenvalue weighted by molar-refractivity contribution is -0.137. The van der Waals surface area contributed by atoms with Gasteiger partial charge in [-0.3, -0.25) is 9.59 Å². The van der Waals surface area contributed by atoms with E-state index in [1.165, 1.54) is 0 Å². The fourth-order valence-corrected chi connectivity index (χ4v) is 2.63. The first-order chi connectivity index (χ1) is 11.5. The number of carboxylic acids is 1. The Morgan fingerprint density at radius 1 is 1.33 bits per heavy atom. The fraction of sp³-hybridized carbons (Fsp3) is 0.389. The van der Waals surface area contributed by atoms with Gasteiger partial charge in [0.25, 0.3) is 5.91 Å². The highest BCUT2D eigenvalue weighted by molar-refractivity contribution is 5.93. The molecule has 0 aliphatic heterocycles. The summed E-state index contributed by atoms with van der Waals surface area (Å²) in [6, 6.07) is 11.4. The van der Waals surface area contributed by atoms with Crippen LogP contribution >= 0.6 is 0 Å². The van der Waals surface area contributed by atoms with E-state index in [1.807, 2.05) is 36.4 Å². The molecule has 1 amide bonds. The van der Waals surface area contributed by atoms with Gasteiger partial charge < -0.3 is 10.4 Å². The minimum atomic E-state index is -0.859. The molecule has 0 saturated heterocycles. The summed E-state index contributed by atoms with van der Waals surface area (Å²) in [6.45, 7) is 2.13. The Kier molecular flexibility index (Phi) is 4.64. The summed E-state index contributed by atoms with van der Waals surface area (Å²) < 4.78 is 1.67. The van der Waals surface area contributed by atoms with Crippen LogP contribution in [0.3, 0.4) is 0 Å². The van der Waals surface area contributed by atoms with Crippen molar-refractivity contribution in [1.82, 2.24) is 15.1 Å². The maximum atomic E-state index is 12.6. The first-order valence-corrected chi connectivity index (χ1v) is 8.20. The number of hydrogen-bond acceptors (Lipinski definition) is 3. The van der Waals surface area contributed by atoms with E-state index in [1.54, 1.807) is 11.6 Å². The minimum absolute atomic E-state index is 0.0333. The zero-order valence-corrected chi connectivity index (χ0v) is 13.6. The van der Waals surface area contributed by atoms with Crippen LogP contribution in [0.2, 0.25) is 0 Å². The molecule has 1 aromatic carbocycles. The maximum absolute atomic E-state index is 12.6. The molecule has 1 heterocycles. The van der Waals surface area contributed by atoms with Crippen LogP contribution in [0.4, 0.5) is 0 Å². The van der Waals surface area contributed by atoms with Gasteiger partial charge in [-0.2, -0.15) is 5.10 Å². The number of nitrogens with one attached hydrogen (secondary N) is 1. The lowest BCUT2D eigenvalue weighted by Gasteiger charge is -2.11. The summed E-state index contributed by atoms with van der Waals surface area (Å²) in [5.74, 6) is -0.757. The summed E-state index contributed by atoms with van der Waals surface area (Å²) >= 11 is 0. The standard InChI is InChI=1S/C18H21N3O3/c1-12(9-17(22)23)11-19-18(24)16-10-15(13-7-8-13)20-21(16)14-5-3-2-4-6-14/h2-6,10,12-13H,7-9,11H2,1H3,(H,19,24)(H,22,23). The minimum Gasteiger partial charge on any atom is -0.481 e. The Balaban J connectivity index is 1.78. The Morgan fingerprint density at radius 3 is 2.67 bits per heavy atom. The molecule has 6 heteroatoms. The third-order valence-corrected chi connectivity index (χ3v) is 4.09. The quantitative estimate of drug-likeness (QED) is 0.818. The smallest absolute Gasteiger partial charge is 0.303 e. The summed E-state index contributed by atoms with van der Waals surface area (Å²) in [4.78, 5) is 23.3. The summed E-state index contributed by atoms with van der Waals surface area (Å²) in [7, 11) is 0. The van der Waals surface area contributed by atoms with Crippen molar-refractivity contribution in [3.8, 4) is 5.69 Å². The Morgan fingerprint density at radius 2 is 2.04 bits per heavy atom. The van der Waals surface area contributed by atoms with E-state index >= 15 is 0 Å². The van der Waals surface area contributed by atoms with E-state index in [4.69, 9.17) is 5.11 Å². The average Bonchev–Trinajstić information content (AvgIpc) is 3.31. The molecule has 1 aliphatic rings. The van der Waals surface area contributed by atoms with Crippen LogP contribution in [0.1, 0.15) is 48.3 Å². The van der Waals surface area contributed by atoms with Gasteiger partial charge in [0, 0.05) is 18.9 Å². The highest BCUT2D eigenvalue weighted by Gasteiger charge is 2.29. The summed E-state index contributed by atoms with van der Waals surface area (Å²) in [5.41, 5.74) is 2.28. The molecule has 3 rings (SSSR count). The number of rotatable bonds is 7. The van der Waals surface area contributed by atoms with Gasteiger partial charge in [-0.15, -0.1) is 0 Å². The predicted molar refractivity (Wildman–Crippen MR) is 89.3 cm³/mol. The average molecular weight is 327 g/mol. The normalized spacial score (nSPS) is 15.0. The molecule has 1 fully saturated rings. The largest absolute Gasteiger partial charge is 0.481 e. The van der Waals surface area contributed by atoms with Crippen LogP contribution in [0.5, 0.6) is 0 Å². The van der Waals surface area contributed by atoms with Gasteiger partial charge in [-0.25, -0.2) is 4.68 Å². The van der Waals surface area contributed by atoms with Gasteiger partial charge in [-0.1, -0.05) is 25.1 Å². The van der Waals surface area contributed by atoms with Gasteiger partial charge in [0.15, 0.2) is 0 Å². The van der Waals surface area contributed by atoms with Crippen molar-refractivity contribution in [2.45, 2.75) is 32.1 Å². The van der Waals surface area contributed by atoms with E-state index in [0.717, 1.165) is 24.2 Å². The van der Waals surface area contributed by atoms with Gasteiger partial charge >= 0.3 is 5.97 Å². The molecule has 126 valence electrons. The van der Waals surface area contributed by atoms with E-state index < -0.39 is 5.97 Å². The number of carbonyl (C=O) groups is 2. The molecule has 1 unspecified atom stereocenters. The van der Waals surface area contributed by atoms with Crippen molar-refractivity contribution < 1.29 is 14.7 Å². The van der Waals surface area contributed by atoms with Crippen molar-refractivity contribution >= 4 is 11.9 Å². The Hall–Kier alpha value is -2.63. The molecule has 1 saturated carbocycles. The number of nitrogens with zero attached hydrogens (tertiary/aromatic N) is 2. The number of carbonyl (C=O) groups excluding carboxylic acids is 1. The highest BCUT2D eigenvalue weighted by Crippen LogP contribution is 2.39. The second-order valence-electron chi connectivity index (χ2n) is 6.39. The van der Waals surface area contributed by atoms with Crippen molar-refractivity contribution in [2.75, 3.05) is 6.54 Å². The van der Waals surface area contributed by atoms with Crippen LogP contribution in [0.25, 0.3) is 5.69 Å². The lowest BCUT2D eigenvalue weighted by Crippen LogP contribution is -2.30. The second kappa shape index (κ2) is 6.86. The molecular formula is C18H21N3O3. The first-order valence-electron chi connectivity index (χ1n) is 8.20. The van der Waals surface area contributed by atoms with Crippen LogP contribution in [0, 0.1) is 5.92 Å². The summed E-state index contributed by atoms with van der Waals surface area (Å²) in [5, 5.41) is 16.2. The molecular weight excluding hydrogens is 306 g/mol. The number of para-hydroxylation sites is 1. The van der Waals surface area contributed by atoms with Gasteiger partial charge in [0.05, 0.1) is 11.4 Å². The Labute approximate surface area is 140 Å². The number of amides is 1. The number of benzene rings is 1. The summed E-state index contributed by atoms with van der Waals surface area (Å²) in [6.07, 6.45) is 2.26. The van der Waals surface area contributed by atoms with E-state index in [-0.39, 0.29) is 18.2 Å². The second-order valence-corrected chi connectivity index (χ2v) is 6.39. The zero-order valence-electron chi connectivity index (χ0n) is 13.6. The molecule has 1 aliphatic carbocycles. The van der Waals surface area contributed by atoms with Crippen LogP contribution < -0.4 is 5.32 Å². The van der Waals surface area contributed by atoms with E-state index in [0.29, 0.717) is 18.2 Å². The van der Waals surface area contributed by atoms with Gasteiger partial charge in [0.2, 0.25) is 0 Å². The lowest BCUT2D eigenvalue weighted by atomic mass is 10.1. The van der Waals surface area contributed by atoms with Crippen LogP contribution in [0.15, 0.2) is 36.4 Å². The van der Waals surface area contributed by atoms with Crippen molar-refractivity contribution in [1.29, 1.82) is 0 Å². The molecule has 1 atom stereocenters. The van der Waals surface area contributed by atoms with E-state index in [2.05, 4.69) is 10.4 Å². The zero-order chi connectivity index (χ0) is 17.1. The first kappa shape index (κ1) is 16.2. The monoisotopic (exact) mass is 327 g/mol. The topological polar surface area (TPSA) is 84.2 Å². The molecule has 2 aromatic rings. The SMILES string of the molecule is CC(CNC(=O)c1cc(C2CC2)nn1-c1ccccc1)CC(=O)O. The van der Waals surface area contributed by atoms with Crippen LogP contribution in [-0.2, 0) is 4.79 Å². The van der Waals surface area contributed by atoms with Crippen LogP contribution in [-0.4, -0.2) is 33.3 Å². The molecule has 0 radical (unpaired) electrons. The fourth-order valence-electron chi connectivity index (χ4n) is 2.63. The Bertz CT molecular complexity index is 735. The van der Waals surface area contributed by atoms with Crippen molar-refractivity contribution in [3.05, 3.63) is 47.8 Å². The molecule has 0 bridgehead atoms. The van der Waals surface area contributed by atoms with Gasteiger partial charge in [-0.05, 0) is 37.0 Å². The molecule has 1 aromatic heterocycles. The number of aliphatic carboxylic acids is 1. The maximum Gasteiger partial charge on any atom is 0.303 e. The number of hydrogen-bond donors (Lipinski definition) is 2.